The molecule has 3 rings (SSSR count). The molecule has 0 radical (unpaired) electrons. The summed E-state index contributed by atoms with van der Waals surface area (Å²) in [5.74, 6) is 2.45. The molecule has 25 heavy (non-hydrogen) atoms. The van der Waals surface area contributed by atoms with Crippen molar-refractivity contribution in [2.24, 2.45) is 0 Å². The second-order valence-electron chi connectivity index (χ2n) is 5.34. The van der Waals surface area contributed by atoms with Crippen molar-refractivity contribution in [1.29, 1.82) is 0 Å². The summed E-state index contributed by atoms with van der Waals surface area (Å²) in [6, 6.07) is 10.7. The number of fused-ring (bicyclic) bond motifs is 1. The molecule has 0 amide bonds. The smallest absolute Gasteiger partial charge is 0.231 e. The first kappa shape index (κ1) is 16.9. The second kappa shape index (κ2) is 7.30. The van der Waals surface area contributed by atoms with E-state index in [1.165, 1.54) is 0 Å². The highest BCUT2D eigenvalue weighted by atomic mass is 16.5. The number of methoxy groups -OCH3 is 1. The molecular formula is C20H20O5. The van der Waals surface area contributed by atoms with Crippen LogP contribution >= 0.6 is 0 Å². The summed E-state index contributed by atoms with van der Waals surface area (Å²) in [6.07, 6.45) is 1.67. The Hall–Kier alpha value is -2.95. The Labute approximate surface area is 146 Å². The van der Waals surface area contributed by atoms with E-state index in [-0.39, 0.29) is 11.5 Å². The van der Waals surface area contributed by atoms with Gasteiger partial charge in [-0.1, -0.05) is 12.1 Å². The van der Waals surface area contributed by atoms with Crippen molar-refractivity contribution in [3.8, 4) is 23.0 Å². The Bertz CT molecular complexity index is 823. The minimum absolute atomic E-state index is 0.165. The molecule has 0 saturated carbocycles. The van der Waals surface area contributed by atoms with Crippen molar-refractivity contribution in [2.75, 3.05) is 20.3 Å². The fourth-order valence-electron chi connectivity index (χ4n) is 2.70. The van der Waals surface area contributed by atoms with Gasteiger partial charge in [0.2, 0.25) is 5.78 Å². The first-order valence-electron chi connectivity index (χ1n) is 8.18. The van der Waals surface area contributed by atoms with E-state index in [1.54, 1.807) is 31.4 Å². The fraction of sp³-hybridized carbons (Fsp3) is 0.250. The van der Waals surface area contributed by atoms with Crippen molar-refractivity contribution in [1.82, 2.24) is 0 Å². The Balaban J connectivity index is 1.95. The van der Waals surface area contributed by atoms with Gasteiger partial charge in [-0.3, -0.25) is 4.79 Å². The molecule has 130 valence electrons. The zero-order chi connectivity index (χ0) is 17.8. The van der Waals surface area contributed by atoms with Crippen LogP contribution in [0.4, 0.5) is 0 Å². The predicted molar refractivity (Wildman–Crippen MR) is 94.7 cm³/mol. The summed E-state index contributed by atoms with van der Waals surface area (Å²) < 4.78 is 22.2. The lowest BCUT2D eigenvalue weighted by Crippen LogP contribution is -2.00. The van der Waals surface area contributed by atoms with Crippen molar-refractivity contribution in [3.05, 3.63) is 53.3 Å². The molecule has 0 aliphatic carbocycles. The highest BCUT2D eigenvalue weighted by molar-refractivity contribution is 6.14. The molecule has 0 unspecified atom stereocenters. The van der Waals surface area contributed by atoms with Gasteiger partial charge in [0.15, 0.2) is 17.3 Å². The van der Waals surface area contributed by atoms with Gasteiger partial charge in [-0.25, -0.2) is 0 Å². The lowest BCUT2D eigenvalue weighted by atomic mass is 10.1. The van der Waals surface area contributed by atoms with Gasteiger partial charge in [0.1, 0.15) is 11.5 Å². The average Bonchev–Trinajstić information content (AvgIpc) is 2.91. The number of Topliss-reactive ketones (excluding diaryl/α,β-unsaturated/α-hetero) is 1. The van der Waals surface area contributed by atoms with Gasteiger partial charge in [0.05, 0.1) is 25.9 Å². The first-order chi connectivity index (χ1) is 12.2. The quantitative estimate of drug-likeness (QED) is 0.741. The lowest BCUT2D eigenvalue weighted by Gasteiger charge is -2.11. The third kappa shape index (κ3) is 3.31. The van der Waals surface area contributed by atoms with E-state index in [0.717, 1.165) is 5.56 Å². The van der Waals surface area contributed by atoms with E-state index in [4.69, 9.17) is 18.9 Å². The van der Waals surface area contributed by atoms with Crippen molar-refractivity contribution >= 4 is 11.9 Å². The van der Waals surface area contributed by atoms with Gasteiger partial charge in [0, 0.05) is 11.6 Å². The number of carbonyl (C=O) groups is 1. The van der Waals surface area contributed by atoms with E-state index < -0.39 is 0 Å². The summed E-state index contributed by atoms with van der Waals surface area (Å²) >= 11 is 0. The molecule has 0 bridgehead atoms. The molecule has 1 aliphatic rings. The number of allylic oxidation sites excluding steroid dienone is 1. The van der Waals surface area contributed by atoms with Gasteiger partial charge in [-0.15, -0.1) is 0 Å². The third-order valence-corrected chi connectivity index (χ3v) is 3.75. The number of rotatable bonds is 6. The van der Waals surface area contributed by atoms with Gasteiger partial charge in [-0.2, -0.15) is 0 Å². The van der Waals surface area contributed by atoms with Crippen LogP contribution in [0.3, 0.4) is 0 Å². The topological polar surface area (TPSA) is 54.0 Å². The molecule has 0 spiro atoms. The molecule has 0 fully saturated rings. The number of ketones is 1. The summed E-state index contributed by atoms with van der Waals surface area (Å²) in [5, 5.41) is 0. The molecule has 0 atom stereocenters. The number of benzene rings is 2. The summed E-state index contributed by atoms with van der Waals surface area (Å²) in [4.78, 5) is 12.6. The monoisotopic (exact) mass is 340 g/mol. The Morgan fingerprint density at radius 2 is 1.88 bits per heavy atom. The first-order valence-corrected chi connectivity index (χ1v) is 8.18. The van der Waals surface area contributed by atoms with Gasteiger partial charge in [0.25, 0.3) is 0 Å². The van der Waals surface area contributed by atoms with Crippen LogP contribution in [0.1, 0.15) is 29.8 Å². The SMILES string of the molecule is CCOc1ccc2c(c1)O/C(=C\c1cccc(OCC)c1OC)C2=O. The Morgan fingerprint density at radius 1 is 1.08 bits per heavy atom. The molecule has 2 aromatic rings. The van der Waals surface area contributed by atoms with E-state index in [1.807, 2.05) is 32.0 Å². The van der Waals surface area contributed by atoms with E-state index >= 15 is 0 Å². The van der Waals surface area contributed by atoms with Crippen LogP contribution in [-0.2, 0) is 0 Å². The zero-order valence-corrected chi connectivity index (χ0v) is 14.5. The molecule has 2 aromatic carbocycles. The molecule has 0 saturated heterocycles. The van der Waals surface area contributed by atoms with E-state index in [0.29, 0.717) is 41.8 Å². The van der Waals surface area contributed by atoms with E-state index in [2.05, 4.69) is 0 Å². The summed E-state index contributed by atoms with van der Waals surface area (Å²) in [6.45, 7) is 4.89. The molecule has 1 aliphatic heterocycles. The van der Waals surface area contributed by atoms with Gasteiger partial charge < -0.3 is 18.9 Å². The van der Waals surface area contributed by atoms with Crippen LogP contribution in [0.2, 0.25) is 0 Å². The number of hydrogen-bond acceptors (Lipinski definition) is 5. The maximum Gasteiger partial charge on any atom is 0.231 e. The van der Waals surface area contributed by atoms with Gasteiger partial charge in [-0.05, 0) is 38.1 Å². The minimum atomic E-state index is -0.165. The second-order valence-corrected chi connectivity index (χ2v) is 5.34. The summed E-state index contributed by atoms with van der Waals surface area (Å²) in [5.41, 5.74) is 1.24. The minimum Gasteiger partial charge on any atom is -0.494 e. The Kier molecular flexibility index (Phi) is 4.93. The molecule has 0 N–H and O–H groups in total. The van der Waals surface area contributed by atoms with Crippen LogP contribution < -0.4 is 18.9 Å². The van der Waals surface area contributed by atoms with E-state index in [9.17, 15) is 4.79 Å². The van der Waals surface area contributed by atoms with Crippen LogP contribution in [0.25, 0.3) is 6.08 Å². The number of para-hydroxylation sites is 1. The lowest BCUT2D eigenvalue weighted by molar-refractivity contribution is 0.101. The molecule has 1 heterocycles. The van der Waals surface area contributed by atoms with Crippen molar-refractivity contribution in [2.45, 2.75) is 13.8 Å². The average molecular weight is 340 g/mol. The molecule has 5 heteroatoms. The van der Waals surface area contributed by atoms with Crippen LogP contribution in [0.5, 0.6) is 23.0 Å². The molecular weight excluding hydrogens is 320 g/mol. The molecule has 0 aromatic heterocycles. The van der Waals surface area contributed by atoms with Gasteiger partial charge >= 0.3 is 0 Å². The number of hydrogen-bond donors (Lipinski definition) is 0. The maximum atomic E-state index is 12.6. The normalized spacial score (nSPS) is 14.2. The Morgan fingerprint density at radius 3 is 2.60 bits per heavy atom. The van der Waals surface area contributed by atoms with Crippen molar-refractivity contribution in [3.63, 3.8) is 0 Å². The summed E-state index contributed by atoms with van der Waals surface area (Å²) in [7, 11) is 1.57. The predicted octanol–water partition coefficient (Wildman–Crippen LogP) is 4.11. The number of carbonyl (C=O) groups excluding carboxylic acids is 1. The fourth-order valence-corrected chi connectivity index (χ4v) is 2.70. The largest absolute Gasteiger partial charge is 0.494 e. The molecule has 5 nitrogen and oxygen atoms in total. The highest BCUT2D eigenvalue weighted by Gasteiger charge is 2.28. The highest BCUT2D eigenvalue weighted by Crippen LogP contribution is 2.37. The third-order valence-electron chi connectivity index (χ3n) is 3.75. The van der Waals surface area contributed by atoms with Crippen LogP contribution in [-0.4, -0.2) is 26.1 Å². The standard InChI is InChI=1S/C20H20O5/c1-4-23-14-9-10-15-17(12-14)25-18(19(15)21)11-13-7-6-8-16(24-5-2)20(13)22-3/h6-12H,4-5H2,1-3H3/b18-11-. The van der Waals surface area contributed by atoms with Crippen LogP contribution in [0, 0.1) is 0 Å². The zero-order valence-electron chi connectivity index (χ0n) is 14.5. The van der Waals surface area contributed by atoms with Crippen LogP contribution in [0.15, 0.2) is 42.2 Å². The maximum absolute atomic E-state index is 12.6. The number of ether oxygens (including phenoxy) is 4. The van der Waals surface area contributed by atoms with Crippen molar-refractivity contribution < 1.29 is 23.7 Å².